The second-order valence-electron chi connectivity index (χ2n) is 6.42. The van der Waals surface area contributed by atoms with E-state index in [0.717, 1.165) is 37.7 Å². The quantitative estimate of drug-likeness (QED) is 0.908. The van der Waals surface area contributed by atoms with Crippen LogP contribution in [0.5, 0.6) is 0 Å². The van der Waals surface area contributed by atoms with Crippen molar-refractivity contribution >= 4 is 9.84 Å². The van der Waals surface area contributed by atoms with E-state index in [4.69, 9.17) is 5.73 Å². The Morgan fingerprint density at radius 1 is 1.24 bits per heavy atom. The standard InChI is InChI=1S/C17H27NO2S/c1-3-14-7-9-15(10-8-14)17(18)12-21(19,20)16-6-4-5-13(2)11-16/h7-10,13,16-17H,3-6,11-12,18H2,1-2H3. The first kappa shape index (κ1) is 16.5. The van der Waals surface area contributed by atoms with Crippen molar-refractivity contribution in [2.75, 3.05) is 5.75 Å². The van der Waals surface area contributed by atoms with Gasteiger partial charge in [-0.25, -0.2) is 8.42 Å². The van der Waals surface area contributed by atoms with Crippen molar-refractivity contribution in [1.82, 2.24) is 0 Å². The molecule has 118 valence electrons. The molecule has 4 heteroatoms. The molecule has 21 heavy (non-hydrogen) atoms. The summed E-state index contributed by atoms with van der Waals surface area (Å²) < 4.78 is 25.1. The minimum Gasteiger partial charge on any atom is -0.323 e. The van der Waals surface area contributed by atoms with Gasteiger partial charge in [-0.2, -0.15) is 0 Å². The van der Waals surface area contributed by atoms with Crippen LogP contribution in [0.15, 0.2) is 24.3 Å². The first-order chi connectivity index (χ1) is 9.92. The molecule has 1 aromatic carbocycles. The van der Waals surface area contributed by atoms with Gasteiger partial charge in [0.1, 0.15) is 0 Å². The molecule has 3 nitrogen and oxygen atoms in total. The molecule has 0 radical (unpaired) electrons. The zero-order valence-electron chi connectivity index (χ0n) is 13.1. The second-order valence-corrected chi connectivity index (χ2v) is 8.75. The van der Waals surface area contributed by atoms with Gasteiger partial charge in [0, 0.05) is 6.04 Å². The molecule has 3 unspecified atom stereocenters. The van der Waals surface area contributed by atoms with E-state index in [1.54, 1.807) is 0 Å². The fourth-order valence-corrected chi connectivity index (χ4v) is 5.30. The van der Waals surface area contributed by atoms with Crippen molar-refractivity contribution in [1.29, 1.82) is 0 Å². The summed E-state index contributed by atoms with van der Waals surface area (Å²) in [5, 5.41) is -0.192. The molecule has 1 saturated carbocycles. The Balaban J connectivity index is 2.04. The first-order valence-corrected chi connectivity index (χ1v) is 9.70. The van der Waals surface area contributed by atoms with E-state index < -0.39 is 15.9 Å². The van der Waals surface area contributed by atoms with Crippen molar-refractivity contribution in [3.63, 3.8) is 0 Å². The topological polar surface area (TPSA) is 60.2 Å². The summed E-state index contributed by atoms with van der Waals surface area (Å²) in [7, 11) is -3.10. The Kier molecular flexibility index (Phi) is 5.44. The summed E-state index contributed by atoms with van der Waals surface area (Å²) in [6.07, 6.45) is 4.74. The maximum Gasteiger partial charge on any atom is 0.155 e. The molecule has 2 N–H and O–H groups in total. The van der Waals surface area contributed by atoms with Gasteiger partial charge in [0.2, 0.25) is 0 Å². The molecule has 0 saturated heterocycles. The molecule has 3 atom stereocenters. The van der Waals surface area contributed by atoms with Crippen molar-refractivity contribution in [2.45, 2.75) is 57.2 Å². The summed E-state index contributed by atoms with van der Waals surface area (Å²) in [6, 6.07) is 7.57. The zero-order chi connectivity index (χ0) is 15.5. The lowest BCUT2D eigenvalue weighted by Gasteiger charge is -2.27. The van der Waals surface area contributed by atoms with Crippen molar-refractivity contribution < 1.29 is 8.42 Å². The van der Waals surface area contributed by atoms with E-state index in [-0.39, 0.29) is 11.0 Å². The van der Waals surface area contributed by atoms with Gasteiger partial charge in [-0.1, -0.05) is 51.0 Å². The maximum absolute atomic E-state index is 12.6. The van der Waals surface area contributed by atoms with E-state index in [1.807, 2.05) is 24.3 Å². The maximum atomic E-state index is 12.6. The van der Waals surface area contributed by atoms with E-state index >= 15 is 0 Å². The molecule has 0 aliphatic heterocycles. The summed E-state index contributed by atoms with van der Waals surface area (Å²) in [5.41, 5.74) is 8.30. The fourth-order valence-electron chi connectivity index (χ4n) is 3.19. The van der Waals surface area contributed by atoms with Crippen LogP contribution in [-0.2, 0) is 16.3 Å². The molecule has 1 aromatic rings. The zero-order valence-corrected chi connectivity index (χ0v) is 13.9. The van der Waals surface area contributed by atoms with Gasteiger partial charge in [0.15, 0.2) is 9.84 Å². The monoisotopic (exact) mass is 309 g/mol. The van der Waals surface area contributed by atoms with Gasteiger partial charge in [-0.15, -0.1) is 0 Å². The molecule has 0 aromatic heterocycles. The lowest BCUT2D eigenvalue weighted by atomic mass is 9.91. The van der Waals surface area contributed by atoms with Crippen LogP contribution in [0.4, 0.5) is 0 Å². The van der Waals surface area contributed by atoms with Gasteiger partial charge in [-0.05, 0) is 36.3 Å². The predicted octanol–water partition coefficient (Wildman–Crippen LogP) is 3.24. The highest BCUT2D eigenvalue weighted by Gasteiger charge is 2.31. The van der Waals surface area contributed by atoms with E-state index in [1.165, 1.54) is 5.56 Å². The Hall–Kier alpha value is -0.870. The number of aryl methyl sites for hydroxylation is 1. The highest BCUT2D eigenvalue weighted by atomic mass is 32.2. The summed E-state index contributed by atoms with van der Waals surface area (Å²) >= 11 is 0. The minimum atomic E-state index is -3.10. The molecule has 1 fully saturated rings. The average Bonchev–Trinajstić information content (AvgIpc) is 2.47. The summed E-state index contributed by atoms with van der Waals surface area (Å²) in [6.45, 7) is 4.24. The SMILES string of the molecule is CCc1ccc(C(N)CS(=O)(=O)C2CCCC(C)C2)cc1. The molecule has 0 amide bonds. The molecule has 1 aliphatic carbocycles. The molecule has 1 aliphatic rings. The number of hydrogen-bond acceptors (Lipinski definition) is 3. The highest BCUT2D eigenvalue weighted by Crippen LogP contribution is 2.30. The average molecular weight is 309 g/mol. The number of rotatable bonds is 5. The minimum absolute atomic E-state index is 0.0653. The molecular formula is C17H27NO2S. The fraction of sp³-hybridized carbons (Fsp3) is 0.647. The third-order valence-corrected chi connectivity index (χ3v) is 6.89. The van der Waals surface area contributed by atoms with Gasteiger partial charge in [0.25, 0.3) is 0 Å². The number of hydrogen-bond donors (Lipinski definition) is 1. The summed E-state index contributed by atoms with van der Waals surface area (Å²) in [5.74, 6) is 0.578. The van der Waals surface area contributed by atoms with Crippen LogP contribution in [0.1, 0.15) is 56.7 Å². The highest BCUT2D eigenvalue weighted by molar-refractivity contribution is 7.92. The largest absolute Gasteiger partial charge is 0.323 e. The number of benzene rings is 1. The van der Waals surface area contributed by atoms with Crippen LogP contribution < -0.4 is 5.73 Å². The molecule has 2 rings (SSSR count). The number of nitrogens with two attached hydrogens (primary N) is 1. The molecule has 0 bridgehead atoms. The molecule has 0 spiro atoms. The van der Waals surface area contributed by atoms with Gasteiger partial charge in [-0.3, -0.25) is 0 Å². The lowest BCUT2D eigenvalue weighted by molar-refractivity contribution is 0.381. The Labute approximate surface area is 128 Å². The van der Waals surface area contributed by atoms with E-state index in [9.17, 15) is 8.42 Å². The van der Waals surface area contributed by atoms with Crippen molar-refractivity contribution in [3.8, 4) is 0 Å². The summed E-state index contributed by atoms with van der Waals surface area (Å²) in [4.78, 5) is 0. The van der Waals surface area contributed by atoms with Gasteiger partial charge < -0.3 is 5.73 Å². The predicted molar refractivity (Wildman–Crippen MR) is 88.0 cm³/mol. The Morgan fingerprint density at radius 3 is 2.48 bits per heavy atom. The first-order valence-electron chi connectivity index (χ1n) is 7.98. The van der Waals surface area contributed by atoms with Crippen LogP contribution in [0.2, 0.25) is 0 Å². The van der Waals surface area contributed by atoms with E-state index in [2.05, 4.69) is 13.8 Å². The number of sulfone groups is 1. The van der Waals surface area contributed by atoms with Gasteiger partial charge in [0.05, 0.1) is 11.0 Å². The van der Waals surface area contributed by atoms with Crippen LogP contribution in [0.3, 0.4) is 0 Å². The van der Waals surface area contributed by atoms with Gasteiger partial charge >= 0.3 is 0 Å². The smallest absolute Gasteiger partial charge is 0.155 e. The van der Waals surface area contributed by atoms with Crippen LogP contribution >= 0.6 is 0 Å². The van der Waals surface area contributed by atoms with Crippen molar-refractivity contribution in [3.05, 3.63) is 35.4 Å². The Morgan fingerprint density at radius 2 is 1.90 bits per heavy atom. The van der Waals surface area contributed by atoms with Crippen molar-refractivity contribution in [2.24, 2.45) is 11.7 Å². The van der Waals surface area contributed by atoms with Crippen LogP contribution in [-0.4, -0.2) is 19.4 Å². The molecular weight excluding hydrogens is 282 g/mol. The van der Waals surface area contributed by atoms with Crippen LogP contribution in [0.25, 0.3) is 0 Å². The molecule has 0 heterocycles. The normalized spacial score (nSPS) is 24.7. The third kappa shape index (κ3) is 4.30. The Bertz CT molecular complexity index is 551. The van der Waals surface area contributed by atoms with Crippen LogP contribution in [0, 0.1) is 5.92 Å². The van der Waals surface area contributed by atoms with E-state index in [0.29, 0.717) is 5.92 Å². The second kappa shape index (κ2) is 6.93. The third-order valence-electron chi connectivity index (χ3n) is 4.62. The lowest BCUT2D eigenvalue weighted by Crippen LogP contribution is -2.33.